The molecule has 1 heterocycles. The van der Waals surface area contributed by atoms with Gasteiger partial charge < -0.3 is 19.8 Å². The van der Waals surface area contributed by atoms with Gasteiger partial charge in [0.2, 0.25) is 0 Å². The summed E-state index contributed by atoms with van der Waals surface area (Å²) in [5.74, 6) is -0.369. The predicted octanol–water partition coefficient (Wildman–Crippen LogP) is 3.93. The highest BCUT2D eigenvalue weighted by Gasteiger charge is 2.10. The first-order valence-corrected chi connectivity index (χ1v) is 8.00. The lowest BCUT2D eigenvalue weighted by Gasteiger charge is -2.09. The third kappa shape index (κ3) is 4.37. The first-order valence-electron chi connectivity index (χ1n) is 8.00. The SMILES string of the molecule is COCc1ccc(C(=O)Nc2cccc(NC(=O)c3ccco3)c2)cc1. The number of anilines is 2. The first-order chi connectivity index (χ1) is 12.7. The van der Waals surface area contributed by atoms with Crippen molar-refractivity contribution in [2.24, 2.45) is 0 Å². The molecule has 0 saturated heterocycles. The molecule has 0 aliphatic carbocycles. The summed E-state index contributed by atoms with van der Waals surface area (Å²) in [4.78, 5) is 24.4. The van der Waals surface area contributed by atoms with Gasteiger partial charge in [-0.2, -0.15) is 0 Å². The molecule has 2 amide bonds. The lowest BCUT2D eigenvalue weighted by Crippen LogP contribution is -2.13. The highest BCUT2D eigenvalue weighted by molar-refractivity contribution is 6.05. The van der Waals surface area contributed by atoms with Crippen molar-refractivity contribution in [2.45, 2.75) is 6.61 Å². The Bertz CT molecular complexity index is 886. The van der Waals surface area contributed by atoms with E-state index in [1.807, 2.05) is 12.1 Å². The van der Waals surface area contributed by atoms with Gasteiger partial charge in [0.05, 0.1) is 12.9 Å². The lowest BCUT2D eigenvalue weighted by molar-refractivity contribution is 0.0995. The third-order valence-electron chi connectivity index (χ3n) is 3.65. The van der Waals surface area contributed by atoms with E-state index >= 15 is 0 Å². The summed E-state index contributed by atoms with van der Waals surface area (Å²) < 4.78 is 10.1. The van der Waals surface area contributed by atoms with Crippen molar-refractivity contribution in [3.63, 3.8) is 0 Å². The van der Waals surface area contributed by atoms with Crippen LogP contribution in [-0.2, 0) is 11.3 Å². The molecule has 3 rings (SSSR count). The van der Waals surface area contributed by atoms with Crippen LogP contribution >= 0.6 is 0 Å². The Morgan fingerprint density at radius 2 is 1.62 bits per heavy atom. The van der Waals surface area contributed by atoms with Gasteiger partial charge in [-0.05, 0) is 48.0 Å². The summed E-state index contributed by atoms with van der Waals surface area (Å²) in [7, 11) is 1.62. The second-order valence-electron chi connectivity index (χ2n) is 5.60. The number of furan rings is 1. The van der Waals surface area contributed by atoms with Crippen LogP contribution in [0.15, 0.2) is 71.3 Å². The molecule has 26 heavy (non-hydrogen) atoms. The second kappa shape index (κ2) is 8.13. The van der Waals surface area contributed by atoms with E-state index in [9.17, 15) is 9.59 Å². The molecule has 0 atom stereocenters. The number of rotatable bonds is 6. The van der Waals surface area contributed by atoms with Crippen molar-refractivity contribution >= 4 is 23.2 Å². The molecule has 1 aromatic heterocycles. The molecule has 0 fully saturated rings. The molecule has 0 spiro atoms. The van der Waals surface area contributed by atoms with Crippen LogP contribution in [0.4, 0.5) is 11.4 Å². The number of amides is 2. The molecule has 132 valence electrons. The van der Waals surface area contributed by atoms with E-state index < -0.39 is 0 Å². The summed E-state index contributed by atoms with van der Waals surface area (Å²) in [6, 6.07) is 17.3. The van der Waals surface area contributed by atoms with Crippen molar-refractivity contribution in [1.82, 2.24) is 0 Å². The van der Waals surface area contributed by atoms with Crippen LogP contribution < -0.4 is 10.6 Å². The van der Waals surface area contributed by atoms with Crippen molar-refractivity contribution in [2.75, 3.05) is 17.7 Å². The maximum absolute atomic E-state index is 12.4. The number of methoxy groups -OCH3 is 1. The van der Waals surface area contributed by atoms with Gasteiger partial charge in [-0.1, -0.05) is 18.2 Å². The van der Waals surface area contributed by atoms with Crippen LogP contribution in [0.2, 0.25) is 0 Å². The van der Waals surface area contributed by atoms with E-state index in [1.54, 1.807) is 55.6 Å². The van der Waals surface area contributed by atoms with Gasteiger partial charge in [0, 0.05) is 24.0 Å². The zero-order chi connectivity index (χ0) is 18.4. The standard InChI is InChI=1S/C20H18N2O4/c1-25-13-14-7-9-15(10-8-14)19(23)21-16-4-2-5-17(12-16)22-20(24)18-6-3-11-26-18/h2-12H,13H2,1H3,(H,21,23)(H,22,24). The summed E-state index contributed by atoms with van der Waals surface area (Å²) in [5.41, 5.74) is 2.66. The summed E-state index contributed by atoms with van der Waals surface area (Å²) in [6.45, 7) is 0.499. The Balaban J connectivity index is 1.66. The second-order valence-corrected chi connectivity index (χ2v) is 5.60. The molecule has 2 N–H and O–H groups in total. The molecule has 3 aromatic rings. The van der Waals surface area contributed by atoms with Gasteiger partial charge in [-0.3, -0.25) is 9.59 Å². The molecule has 0 aliphatic heterocycles. The maximum atomic E-state index is 12.4. The van der Waals surface area contributed by atoms with Gasteiger partial charge in [-0.25, -0.2) is 0 Å². The van der Waals surface area contributed by atoms with Gasteiger partial charge >= 0.3 is 0 Å². The van der Waals surface area contributed by atoms with Crippen molar-refractivity contribution in [3.05, 3.63) is 83.8 Å². The number of carbonyl (C=O) groups excluding carboxylic acids is 2. The summed E-state index contributed by atoms with van der Waals surface area (Å²) in [5, 5.41) is 5.53. The van der Waals surface area contributed by atoms with Crippen LogP contribution in [0.3, 0.4) is 0 Å². The zero-order valence-electron chi connectivity index (χ0n) is 14.2. The van der Waals surface area contributed by atoms with E-state index in [4.69, 9.17) is 9.15 Å². The van der Waals surface area contributed by atoms with Gasteiger partial charge in [0.1, 0.15) is 0 Å². The minimum atomic E-state index is -0.354. The van der Waals surface area contributed by atoms with Crippen molar-refractivity contribution < 1.29 is 18.7 Å². The average molecular weight is 350 g/mol. The normalized spacial score (nSPS) is 10.3. The molecule has 0 radical (unpaired) electrons. The largest absolute Gasteiger partial charge is 0.459 e. The lowest BCUT2D eigenvalue weighted by atomic mass is 10.1. The molecule has 0 saturated carbocycles. The van der Waals surface area contributed by atoms with E-state index in [1.165, 1.54) is 6.26 Å². The molecule has 0 aliphatic rings. The Kier molecular flexibility index (Phi) is 5.46. The number of nitrogens with one attached hydrogen (secondary N) is 2. The molecular weight excluding hydrogens is 332 g/mol. The highest BCUT2D eigenvalue weighted by Crippen LogP contribution is 2.17. The fourth-order valence-corrected chi connectivity index (χ4v) is 2.40. The average Bonchev–Trinajstić information content (AvgIpc) is 3.18. The van der Waals surface area contributed by atoms with Crippen molar-refractivity contribution in [3.8, 4) is 0 Å². The predicted molar refractivity (Wildman–Crippen MR) is 98.2 cm³/mol. The van der Waals surface area contributed by atoms with Gasteiger partial charge in [-0.15, -0.1) is 0 Å². The number of benzene rings is 2. The van der Waals surface area contributed by atoms with E-state index in [-0.39, 0.29) is 17.6 Å². The van der Waals surface area contributed by atoms with Crippen LogP contribution in [0.5, 0.6) is 0 Å². The molecule has 0 bridgehead atoms. The van der Waals surface area contributed by atoms with E-state index in [2.05, 4.69) is 10.6 Å². The minimum absolute atomic E-state index is 0.218. The zero-order valence-corrected chi connectivity index (χ0v) is 14.2. The Hall–Kier alpha value is -3.38. The molecule has 0 unspecified atom stereocenters. The topological polar surface area (TPSA) is 80.6 Å². The van der Waals surface area contributed by atoms with Crippen LogP contribution in [0, 0.1) is 0 Å². The fourth-order valence-electron chi connectivity index (χ4n) is 2.40. The highest BCUT2D eigenvalue weighted by atomic mass is 16.5. The summed E-state index contributed by atoms with van der Waals surface area (Å²) >= 11 is 0. The van der Waals surface area contributed by atoms with Crippen LogP contribution in [-0.4, -0.2) is 18.9 Å². The molecular formula is C20H18N2O4. The fraction of sp³-hybridized carbons (Fsp3) is 0.100. The Labute approximate surface area is 150 Å². The summed E-state index contributed by atoms with van der Waals surface area (Å²) in [6.07, 6.45) is 1.43. The van der Waals surface area contributed by atoms with E-state index in [0.29, 0.717) is 23.5 Å². The number of carbonyl (C=O) groups is 2. The van der Waals surface area contributed by atoms with E-state index in [0.717, 1.165) is 5.56 Å². The Morgan fingerprint density at radius 1 is 0.923 bits per heavy atom. The Morgan fingerprint density at radius 3 is 2.23 bits per heavy atom. The number of hydrogen-bond donors (Lipinski definition) is 2. The van der Waals surface area contributed by atoms with Crippen molar-refractivity contribution in [1.29, 1.82) is 0 Å². The van der Waals surface area contributed by atoms with Crippen LogP contribution in [0.1, 0.15) is 26.5 Å². The maximum Gasteiger partial charge on any atom is 0.291 e. The smallest absolute Gasteiger partial charge is 0.291 e. The van der Waals surface area contributed by atoms with Gasteiger partial charge in [0.25, 0.3) is 11.8 Å². The molecule has 2 aromatic carbocycles. The quantitative estimate of drug-likeness (QED) is 0.706. The number of ether oxygens (including phenoxy) is 1. The monoisotopic (exact) mass is 350 g/mol. The minimum Gasteiger partial charge on any atom is -0.459 e. The molecule has 6 heteroatoms. The van der Waals surface area contributed by atoms with Gasteiger partial charge in [0.15, 0.2) is 5.76 Å². The molecule has 6 nitrogen and oxygen atoms in total. The third-order valence-corrected chi connectivity index (χ3v) is 3.65. The van der Waals surface area contributed by atoms with Crippen LogP contribution in [0.25, 0.3) is 0 Å². The first kappa shape index (κ1) is 17.4. The number of hydrogen-bond acceptors (Lipinski definition) is 4.